The Kier molecular flexibility index (Phi) is 6.11. The predicted molar refractivity (Wildman–Crippen MR) is 121 cm³/mol. The monoisotopic (exact) mass is 447 g/mol. The summed E-state index contributed by atoms with van der Waals surface area (Å²) in [5.41, 5.74) is 2.22. The van der Waals surface area contributed by atoms with Gasteiger partial charge in [-0.05, 0) is 42.8 Å². The Morgan fingerprint density at radius 2 is 1.72 bits per heavy atom. The number of rotatable bonds is 7. The highest BCUT2D eigenvalue weighted by Crippen LogP contribution is 2.21. The summed E-state index contributed by atoms with van der Waals surface area (Å²) in [6.45, 7) is 1.77. The molecule has 4 aromatic rings. The predicted octanol–water partition coefficient (Wildman–Crippen LogP) is 3.56. The molecule has 2 N–H and O–H groups in total. The number of anilines is 1. The summed E-state index contributed by atoms with van der Waals surface area (Å²) in [6, 6.07) is 21.9. The maximum Gasteiger partial charge on any atom is 0.255 e. The van der Waals surface area contributed by atoms with Gasteiger partial charge in [-0.25, -0.2) is 17.8 Å². The number of sulfonamides is 1. The minimum Gasteiger partial charge on any atom is -0.320 e. The van der Waals surface area contributed by atoms with Crippen molar-refractivity contribution in [1.82, 2.24) is 19.7 Å². The van der Waals surface area contributed by atoms with Crippen LogP contribution in [0.15, 0.2) is 96.2 Å². The van der Waals surface area contributed by atoms with Gasteiger partial charge >= 0.3 is 0 Å². The van der Waals surface area contributed by atoms with Gasteiger partial charge in [-0.3, -0.25) is 4.79 Å². The molecular weight excluding hydrogens is 426 g/mol. The van der Waals surface area contributed by atoms with Gasteiger partial charge in [0.05, 0.1) is 28.7 Å². The van der Waals surface area contributed by atoms with Crippen molar-refractivity contribution in [3.63, 3.8) is 0 Å². The average Bonchev–Trinajstić information content (AvgIpc) is 3.34. The van der Waals surface area contributed by atoms with Crippen LogP contribution in [0.5, 0.6) is 0 Å². The molecule has 0 aliphatic carbocycles. The van der Waals surface area contributed by atoms with E-state index in [9.17, 15) is 13.2 Å². The smallest absolute Gasteiger partial charge is 0.255 e. The number of hydrogen-bond acceptors (Lipinski definition) is 5. The number of carbonyl (C=O) groups is 1. The molecule has 4 rings (SSSR count). The molecule has 162 valence electrons. The van der Waals surface area contributed by atoms with Gasteiger partial charge in [0, 0.05) is 11.6 Å². The largest absolute Gasteiger partial charge is 0.320 e. The first kappa shape index (κ1) is 21.4. The van der Waals surface area contributed by atoms with Crippen molar-refractivity contribution >= 4 is 21.6 Å². The van der Waals surface area contributed by atoms with Crippen molar-refractivity contribution in [2.75, 3.05) is 5.32 Å². The molecular formula is C23H21N5O3S. The molecule has 0 aliphatic heterocycles. The van der Waals surface area contributed by atoms with Gasteiger partial charge in [0.2, 0.25) is 10.0 Å². The summed E-state index contributed by atoms with van der Waals surface area (Å²) < 4.78 is 30.0. The summed E-state index contributed by atoms with van der Waals surface area (Å²) in [7, 11) is -3.83. The fourth-order valence-corrected chi connectivity index (χ4v) is 4.50. The van der Waals surface area contributed by atoms with Crippen molar-refractivity contribution < 1.29 is 13.2 Å². The molecule has 9 heteroatoms. The van der Waals surface area contributed by atoms with Crippen molar-refractivity contribution in [1.29, 1.82) is 0 Å². The quantitative estimate of drug-likeness (QED) is 0.451. The zero-order valence-corrected chi connectivity index (χ0v) is 18.0. The zero-order chi connectivity index (χ0) is 22.6. The Labute approximate surface area is 186 Å². The summed E-state index contributed by atoms with van der Waals surface area (Å²) in [4.78, 5) is 12.9. The fourth-order valence-electron chi connectivity index (χ4n) is 3.23. The Hall–Kier alpha value is -3.82. The SMILES string of the molecule is CC(NS(=O)(=O)c1cccc(C(=O)Nc2ccccc2-n2ccnn2)c1)c1ccccc1. The minimum atomic E-state index is -3.83. The molecule has 0 aliphatic rings. The second kappa shape index (κ2) is 9.13. The molecule has 0 bridgehead atoms. The lowest BCUT2D eigenvalue weighted by Gasteiger charge is -2.15. The Bertz CT molecular complexity index is 1320. The Morgan fingerprint density at radius 1 is 0.969 bits per heavy atom. The minimum absolute atomic E-state index is 0.0116. The van der Waals surface area contributed by atoms with E-state index in [0.717, 1.165) is 5.56 Å². The van der Waals surface area contributed by atoms with Crippen LogP contribution >= 0.6 is 0 Å². The van der Waals surface area contributed by atoms with Gasteiger partial charge in [0.15, 0.2) is 0 Å². The van der Waals surface area contributed by atoms with Gasteiger partial charge in [0.25, 0.3) is 5.91 Å². The number of nitrogens with one attached hydrogen (secondary N) is 2. The van der Waals surface area contributed by atoms with E-state index in [1.165, 1.54) is 23.0 Å². The van der Waals surface area contributed by atoms with Crippen LogP contribution < -0.4 is 10.0 Å². The molecule has 1 atom stereocenters. The zero-order valence-electron chi connectivity index (χ0n) is 17.2. The molecule has 1 unspecified atom stereocenters. The van der Waals surface area contributed by atoms with E-state index >= 15 is 0 Å². The van der Waals surface area contributed by atoms with Crippen molar-refractivity contribution in [2.24, 2.45) is 0 Å². The normalized spacial score (nSPS) is 12.3. The van der Waals surface area contributed by atoms with E-state index < -0.39 is 22.0 Å². The van der Waals surface area contributed by atoms with Crippen molar-refractivity contribution in [3.8, 4) is 5.69 Å². The second-order valence-electron chi connectivity index (χ2n) is 7.10. The highest BCUT2D eigenvalue weighted by Gasteiger charge is 2.20. The number of aromatic nitrogens is 3. The van der Waals surface area contributed by atoms with Crippen LogP contribution in [0.3, 0.4) is 0 Å². The maximum atomic E-state index is 12.9. The maximum absolute atomic E-state index is 12.9. The van der Waals surface area contributed by atoms with E-state index in [1.807, 2.05) is 36.4 Å². The lowest BCUT2D eigenvalue weighted by atomic mass is 10.1. The highest BCUT2D eigenvalue weighted by molar-refractivity contribution is 7.89. The summed E-state index contributed by atoms with van der Waals surface area (Å²) in [5, 5.41) is 10.6. The number of carbonyl (C=O) groups excluding carboxylic acids is 1. The van der Waals surface area contributed by atoms with Crippen LogP contribution in [-0.2, 0) is 10.0 Å². The van der Waals surface area contributed by atoms with E-state index in [1.54, 1.807) is 43.5 Å². The number of benzene rings is 3. The molecule has 0 radical (unpaired) electrons. The summed E-state index contributed by atoms with van der Waals surface area (Å²) in [5.74, 6) is -0.439. The topological polar surface area (TPSA) is 106 Å². The highest BCUT2D eigenvalue weighted by atomic mass is 32.2. The summed E-state index contributed by atoms with van der Waals surface area (Å²) in [6.07, 6.45) is 3.20. The number of nitrogens with zero attached hydrogens (tertiary/aromatic N) is 3. The first-order valence-electron chi connectivity index (χ1n) is 9.88. The molecule has 0 saturated heterocycles. The van der Waals surface area contributed by atoms with Gasteiger partial charge in [-0.2, -0.15) is 0 Å². The molecule has 3 aromatic carbocycles. The molecule has 1 amide bonds. The van der Waals surface area contributed by atoms with E-state index in [4.69, 9.17) is 0 Å². The Balaban J connectivity index is 1.55. The van der Waals surface area contributed by atoms with Crippen LogP contribution in [0.4, 0.5) is 5.69 Å². The number of para-hydroxylation sites is 2. The fraction of sp³-hybridized carbons (Fsp3) is 0.0870. The second-order valence-corrected chi connectivity index (χ2v) is 8.81. The lowest BCUT2D eigenvalue weighted by molar-refractivity contribution is 0.102. The third-order valence-corrected chi connectivity index (χ3v) is 6.40. The molecule has 8 nitrogen and oxygen atoms in total. The van der Waals surface area contributed by atoms with Crippen LogP contribution in [-0.4, -0.2) is 29.3 Å². The number of amides is 1. The summed E-state index contributed by atoms with van der Waals surface area (Å²) >= 11 is 0. The molecule has 0 saturated carbocycles. The third kappa shape index (κ3) is 4.74. The Morgan fingerprint density at radius 3 is 2.47 bits per heavy atom. The molecule has 0 spiro atoms. The van der Waals surface area contributed by atoms with Gasteiger partial charge in [-0.15, -0.1) is 5.10 Å². The van der Waals surface area contributed by atoms with Gasteiger partial charge < -0.3 is 5.32 Å². The standard InChI is InChI=1S/C23H21N5O3S/c1-17(18-8-3-2-4-9-18)26-32(30,31)20-11-7-10-19(16-20)23(29)25-21-12-5-6-13-22(21)28-15-14-24-27-28/h2-17,26H,1H3,(H,25,29). The average molecular weight is 448 g/mol. The molecule has 1 heterocycles. The van der Waals surface area contributed by atoms with E-state index in [0.29, 0.717) is 11.4 Å². The van der Waals surface area contributed by atoms with E-state index in [2.05, 4.69) is 20.4 Å². The van der Waals surface area contributed by atoms with Crippen LogP contribution in [0.25, 0.3) is 5.69 Å². The van der Waals surface area contributed by atoms with Crippen LogP contribution in [0, 0.1) is 0 Å². The molecule has 0 fully saturated rings. The van der Waals surface area contributed by atoms with Crippen LogP contribution in [0.2, 0.25) is 0 Å². The first-order chi connectivity index (χ1) is 15.4. The lowest BCUT2D eigenvalue weighted by Crippen LogP contribution is -2.27. The van der Waals surface area contributed by atoms with Crippen molar-refractivity contribution in [2.45, 2.75) is 17.9 Å². The number of hydrogen-bond donors (Lipinski definition) is 2. The van der Waals surface area contributed by atoms with Crippen molar-refractivity contribution in [3.05, 3.63) is 102 Å². The van der Waals surface area contributed by atoms with Gasteiger partial charge in [-0.1, -0.05) is 53.7 Å². The molecule has 32 heavy (non-hydrogen) atoms. The molecule has 1 aromatic heterocycles. The van der Waals surface area contributed by atoms with Gasteiger partial charge in [0.1, 0.15) is 0 Å². The first-order valence-corrected chi connectivity index (χ1v) is 11.4. The van der Waals surface area contributed by atoms with E-state index in [-0.39, 0.29) is 10.5 Å². The van der Waals surface area contributed by atoms with Crippen LogP contribution in [0.1, 0.15) is 28.9 Å². The third-order valence-electron chi connectivity index (χ3n) is 4.86.